The van der Waals surface area contributed by atoms with Crippen LogP contribution in [0.4, 0.5) is 0 Å². The summed E-state index contributed by atoms with van der Waals surface area (Å²) < 4.78 is 21.0. The Morgan fingerprint density at radius 3 is 1.89 bits per heavy atom. The monoisotopic (exact) mass is 414 g/mol. The predicted molar refractivity (Wildman–Crippen MR) is 84.4 cm³/mol. The zero-order chi connectivity index (χ0) is 21.0. The van der Waals surface area contributed by atoms with Crippen LogP contribution < -0.4 is 0 Å². The van der Waals surface area contributed by atoms with Gasteiger partial charge >= 0.3 is 0 Å². The summed E-state index contributed by atoms with van der Waals surface area (Å²) in [6.45, 7) is -1.97. The fraction of sp³-hybridized carbons (Fsp3) is 0.933. The molecule has 8 N–H and O–H groups in total. The molecule has 2 saturated heterocycles. The van der Waals surface area contributed by atoms with Crippen LogP contribution in [-0.4, -0.2) is 134 Å². The molecule has 0 aromatic heterocycles. The van der Waals surface area contributed by atoms with Gasteiger partial charge in [-0.05, 0) is 0 Å². The fourth-order valence-corrected chi connectivity index (χ4v) is 2.90. The number of hydrogen-bond acceptors (Lipinski definition) is 13. The summed E-state index contributed by atoms with van der Waals surface area (Å²) in [5.41, 5.74) is 0. The number of carbonyl (C=O) groups excluding carboxylic acids is 1. The van der Waals surface area contributed by atoms with Crippen molar-refractivity contribution in [3.05, 3.63) is 0 Å². The second kappa shape index (κ2) is 10.3. The van der Waals surface area contributed by atoms with E-state index < -0.39 is 87.3 Å². The van der Waals surface area contributed by atoms with Crippen molar-refractivity contribution < 1.29 is 64.6 Å². The van der Waals surface area contributed by atoms with Crippen LogP contribution in [0.2, 0.25) is 0 Å². The first-order valence-corrected chi connectivity index (χ1v) is 8.58. The topological polar surface area (TPSA) is 216 Å². The Balaban J connectivity index is 2.16. The van der Waals surface area contributed by atoms with E-state index in [0.717, 1.165) is 0 Å². The van der Waals surface area contributed by atoms with Crippen molar-refractivity contribution in [3.63, 3.8) is 0 Å². The highest BCUT2D eigenvalue weighted by molar-refractivity contribution is 5.55. The average molecular weight is 414 g/mol. The van der Waals surface area contributed by atoms with E-state index in [9.17, 15) is 45.6 Å². The van der Waals surface area contributed by atoms with Gasteiger partial charge in [-0.25, -0.2) is 0 Å². The quantitative estimate of drug-likeness (QED) is 0.174. The van der Waals surface area contributed by atoms with E-state index in [-0.39, 0.29) is 6.29 Å². The summed E-state index contributed by atoms with van der Waals surface area (Å²) in [7, 11) is 0. The first kappa shape index (κ1) is 23.5. The smallest absolute Gasteiger partial charge is 0.187 e. The molecule has 2 aliphatic heterocycles. The predicted octanol–water partition coefficient (Wildman–Crippen LogP) is -5.81. The van der Waals surface area contributed by atoms with Gasteiger partial charge in [0.15, 0.2) is 18.9 Å². The molecule has 0 radical (unpaired) electrons. The van der Waals surface area contributed by atoms with E-state index in [4.69, 9.17) is 18.9 Å². The van der Waals surface area contributed by atoms with Crippen molar-refractivity contribution in [2.45, 2.75) is 67.5 Å². The van der Waals surface area contributed by atoms with Gasteiger partial charge in [0.05, 0.1) is 19.8 Å². The minimum Gasteiger partial charge on any atom is -0.394 e. The van der Waals surface area contributed by atoms with Gasteiger partial charge < -0.3 is 64.6 Å². The highest BCUT2D eigenvalue weighted by atomic mass is 16.8. The standard InChI is InChI=1S/C15H26O13/c16-1-5(19)4-25-15-13(11(23)9(21)7(3-18)27-15)28-14-12(24)10(22)8(20)6(2-17)26-14/h1,5-15,17-24H,2-4H2/t5-,6-,7-,8+,9-,10+,11+,12-,13-,14-,15+/m1/s1. The van der Waals surface area contributed by atoms with Crippen LogP contribution in [0.25, 0.3) is 0 Å². The highest BCUT2D eigenvalue weighted by Crippen LogP contribution is 2.29. The number of aldehydes is 1. The molecular weight excluding hydrogens is 388 g/mol. The normalized spacial score (nSPS) is 45.6. The van der Waals surface area contributed by atoms with E-state index >= 15 is 0 Å². The number of carbonyl (C=O) groups is 1. The lowest BCUT2D eigenvalue weighted by atomic mass is 9.97. The second-order valence-corrected chi connectivity index (χ2v) is 6.54. The maximum Gasteiger partial charge on any atom is 0.187 e. The highest BCUT2D eigenvalue weighted by Gasteiger charge is 2.50. The molecule has 28 heavy (non-hydrogen) atoms. The lowest BCUT2D eigenvalue weighted by Crippen LogP contribution is -2.64. The van der Waals surface area contributed by atoms with Gasteiger partial charge in [-0.1, -0.05) is 0 Å². The van der Waals surface area contributed by atoms with Crippen molar-refractivity contribution in [2.24, 2.45) is 0 Å². The molecule has 164 valence electrons. The van der Waals surface area contributed by atoms with Crippen molar-refractivity contribution >= 4 is 6.29 Å². The van der Waals surface area contributed by atoms with Crippen LogP contribution in [-0.2, 0) is 23.7 Å². The van der Waals surface area contributed by atoms with Crippen LogP contribution >= 0.6 is 0 Å². The number of aliphatic hydroxyl groups is 8. The Hall–Kier alpha value is -0.810. The Kier molecular flexibility index (Phi) is 8.62. The Morgan fingerprint density at radius 1 is 0.821 bits per heavy atom. The lowest BCUT2D eigenvalue weighted by Gasteiger charge is -2.46. The van der Waals surface area contributed by atoms with Crippen molar-refractivity contribution in [3.8, 4) is 0 Å². The summed E-state index contributed by atoms with van der Waals surface area (Å²) >= 11 is 0. The summed E-state index contributed by atoms with van der Waals surface area (Å²) in [5, 5.41) is 77.8. The number of ether oxygens (including phenoxy) is 4. The van der Waals surface area contributed by atoms with Crippen LogP contribution in [0.3, 0.4) is 0 Å². The van der Waals surface area contributed by atoms with Crippen molar-refractivity contribution in [1.29, 1.82) is 0 Å². The Bertz CT molecular complexity index is 491. The van der Waals surface area contributed by atoms with E-state index in [1.54, 1.807) is 0 Å². The van der Waals surface area contributed by atoms with Gasteiger partial charge in [0.1, 0.15) is 54.9 Å². The average Bonchev–Trinajstić information content (AvgIpc) is 2.70. The second-order valence-electron chi connectivity index (χ2n) is 6.54. The van der Waals surface area contributed by atoms with Crippen LogP contribution in [0.5, 0.6) is 0 Å². The zero-order valence-corrected chi connectivity index (χ0v) is 14.7. The van der Waals surface area contributed by atoms with Gasteiger partial charge in [0.2, 0.25) is 0 Å². The number of hydrogen-bond donors (Lipinski definition) is 8. The third-order valence-corrected chi connectivity index (χ3v) is 4.55. The van der Waals surface area contributed by atoms with E-state index in [0.29, 0.717) is 0 Å². The molecule has 13 heteroatoms. The largest absolute Gasteiger partial charge is 0.394 e. The molecule has 2 heterocycles. The summed E-state index contributed by atoms with van der Waals surface area (Å²) in [4.78, 5) is 10.5. The van der Waals surface area contributed by atoms with Gasteiger partial charge in [-0.3, -0.25) is 0 Å². The molecule has 0 aromatic rings. The molecule has 0 amide bonds. The third kappa shape index (κ3) is 5.02. The Labute approximate surface area is 159 Å². The molecule has 0 aromatic carbocycles. The lowest BCUT2D eigenvalue weighted by molar-refractivity contribution is -0.368. The van der Waals surface area contributed by atoms with Gasteiger partial charge in [-0.15, -0.1) is 0 Å². The molecule has 0 unspecified atom stereocenters. The first-order valence-electron chi connectivity index (χ1n) is 8.58. The SMILES string of the molecule is O=C[C@@H](O)CO[C@H]1O[C@H](CO)[C@@H](O)[C@H](O)[C@H]1O[C@H]1O[C@H](CO)[C@H](O)[C@H](O)[C@H]1O. The summed E-state index contributed by atoms with van der Waals surface area (Å²) in [6.07, 6.45) is -17.2. The van der Waals surface area contributed by atoms with Crippen LogP contribution in [0, 0.1) is 0 Å². The molecule has 2 rings (SSSR count). The molecule has 2 aliphatic rings. The minimum atomic E-state index is -1.79. The van der Waals surface area contributed by atoms with E-state index in [2.05, 4.69) is 0 Å². The van der Waals surface area contributed by atoms with Gasteiger partial charge in [0, 0.05) is 0 Å². The van der Waals surface area contributed by atoms with Gasteiger partial charge in [0.25, 0.3) is 0 Å². The van der Waals surface area contributed by atoms with E-state index in [1.165, 1.54) is 0 Å². The zero-order valence-electron chi connectivity index (χ0n) is 14.7. The molecule has 13 nitrogen and oxygen atoms in total. The van der Waals surface area contributed by atoms with E-state index in [1.807, 2.05) is 0 Å². The van der Waals surface area contributed by atoms with Crippen molar-refractivity contribution in [2.75, 3.05) is 19.8 Å². The molecule has 0 bridgehead atoms. The maximum atomic E-state index is 10.5. The summed E-state index contributed by atoms with van der Waals surface area (Å²) in [5.74, 6) is 0. The minimum absolute atomic E-state index is 0.186. The van der Waals surface area contributed by atoms with Crippen LogP contribution in [0.1, 0.15) is 0 Å². The molecule has 0 aliphatic carbocycles. The first-order chi connectivity index (χ1) is 13.2. The molecule has 0 saturated carbocycles. The van der Waals surface area contributed by atoms with Crippen LogP contribution in [0.15, 0.2) is 0 Å². The fourth-order valence-electron chi connectivity index (χ4n) is 2.90. The maximum absolute atomic E-state index is 10.5. The Morgan fingerprint density at radius 2 is 1.36 bits per heavy atom. The third-order valence-electron chi connectivity index (χ3n) is 4.55. The molecule has 0 spiro atoms. The van der Waals surface area contributed by atoms with Crippen molar-refractivity contribution in [1.82, 2.24) is 0 Å². The number of rotatable bonds is 8. The molecule has 11 atom stereocenters. The number of aliphatic hydroxyl groups excluding tert-OH is 8. The molecule has 2 fully saturated rings. The molecular formula is C15H26O13. The summed E-state index contributed by atoms with van der Waals surface area (Å²) in [6, 6.07) is 0. The van der Waals surface area contributed by atoms with Gasteiger partial charge in [-0.2, -0.15) is 0 Å².